The Balaban J connectivity index is 2.72. The Morgan fingerprint density at radius 2 is 1.27 bits per heavy atom. The number of hydrogen-bond acceptors (Lipinski definition) is 9. The lowest BCUT2D eigenvalue weighted by atomic mass is 10.1. The molecule has 48 heavy (non-hydrogen) atoms. The quantitative estimate of drug-likeness (QED) is 0.0529. The van der Waals surface area contributed by atoms with Gasteiger partial charge in [0, 0.05) is 24.6 Å². The van der Waals surface area contributed by atoms with Crippen LogP contribution in [0.4, 0.5) is 14.4 Å². The van der Waals surface area contributed by atoms with E-state index in [0.29, 0.717) is 13.1 Å². The van der Waals surface area contributed by atoms with Crippen LogP contribution in [0.5, 0.6) is 0 Å². The molecule has 1 aromatic rings. The zero-order valence-electron chi connectivity index (χ0n) is 29.9. The highest BCUT2D eigenvalue weighted by molar-refractivity contribution is 7.99. The first-order valence-electron chi connectivity index (χ1n) is 17.7. The number of amides is 3. The van der Waals surface area contributed by atoms with Crippen molar-refractivity contribution in [2.45, 2.75) is 136 Å². The molecule has 274 valence electrons. The standard InChI is InChI=1S/C36H61N3O8S/c1-6-8-10-12-14-19-23-37-33(41)45-26-30(46-34(42)38-24-20-15-13-11-9-7-2)27-48-28-31(32(40)47-36(3,4)5)39-35(43)44-25-29-21-17-16-18-22-29/h16-18,21-22,30-31H,6-15,19-20,23-28H2,1-5H3,(H,37,41)(H,38,42)(H,39,43)/t30-,31?/m1/s1. The Morgan fingerprint density at radius 1 is 0.708 bits per heavy atom. The molecule has 1 aromatic carbocycles. The number of thioether (sulfide) groups is 1. The Morgan fingerprint density at radius 3 is 1.85 bits per heavy atom. The summed E-state index contributed by atoms with van der Waals surface area (Å²) in [5, 5.41) is 8.13. The maximum atomic E-state index is 13.0. The topological polar surface area (TPSA) is 141 Å². The van der Waals surface area contributed by atoms with Crippen molar-refractivity contribution in [3.63, 3.8) is 0 Å². The van der Waals surface area contributed by atoms with Crippen molar-refractivity contribution >= 4 is 36.0 Å². The summed E-state index contributed by atoms with van der Waals surface area (Å²) >= 11 is 1.26. The third kappa shape index (κ3) is 24.1. The molecule has 1 unspecified atom stereocenters. The number of carbonyl (C=O) groups is 4. The summed E-state index contributed by atoms with van der Waals surface area (Å²) in [7, 11) is 0. The van der Waals surface area contributed by atoms with Crippen molar-refractivity contribution in [2.75, 3.05) is 31.2 Å². The molecule has 2 atom stereocenters. The molecule has 3 amide bonds. The third-order valence-corrected chi connectivity index (χ3v) is 8.23. The normalized spacial score (nSPS) is 12.4. The van der Waals surface area contributed by atoms with Gasteiger partial charge in [0.25, 0.3) is 0 Å². The number of unbranched alkanes of at least 4 members (excludes halogenated alkanes) is 10. The van der Waals surface area contributed by atoms with Gasteiger partial charge in [-0.2, -0.15) is 11.8 Å². The van der Waals surface area contributed by atoms with E-state index in [-0.39, 0.29) is 24.7 Å². The molecule has 3 N–H and O–H groups in total. The van der Waals surface area contributed by atoms with Crippen LogP contribution >= 0.6 is 11.8 Å². The average Bonchev–Trinajstić information content (AvgIpc) is 3.04. The average molecular weight is 696 g/mol. The van der Waals surface area contributed by atoms with Crippen molar-refractivity contribution in [1.82, 2.24) is 16.0 Å². The summed E-state index contributed by atoms with van der Waals surface area (Å²) in [6.45, 7) is 10.4. The third-order valence-electron chi connectivity index (χ3n) is 7.06. The van der Waals surface area contributed by atoms with E-state index in [9.17, 15) is 19.2 Å². The predicted molar refractivity (Wildman–Crippen MR) is 191 cm³/mol. The molecule has 0 aliphatic carbocycles. The van der Waals surface area contributed by atoms with Crippen molar-refractivity contribution in [1.29, 1.82) is 0 Å². The van der Waals surface area contributed by atoms with Crippen LogP contribution in [0.2, 0.25) is 0 Å². The van der Waals surface area contributed by atoms with Gasteiger partial charge in [-0.05, 0) is 39.2 Å². The molecule has 0 aliphatic rings. The second-order valence-electron chi connectivity index (χ2n) is 12.8. The van der Waals surface area contributed by atoms with Gasteiger partial charge in [0.15, 0.2) is 0 Å². The summed E-state index contributed by atoms with van der Waals surface area (Å²) < 4.78 is 21.8. The summed E-state index contributed by atoms with van der Waals surface area (Å²) in [6, 6.07) is 8.18. The monoisotopic (exact) mass is 695 g/mol. The van der Waals surface area contributed by atoms with Crippen molar-refractivity contribution in [3.05, 3.63) is 35.9 Å². The number of nitrogens with one attached hydrogen (secondary N) is 3. The fourth-order valence-corrected chi connectivity index (χ4v) is 5.50. The van der Waals surface area contributed by atoms with E-state index in [0.717, 1.165) is 44.1 Å². The highest BCUT2D eigenvalue weighted by Crippen LogP contribution is 2.15. The fraction of sp³-hybridized carbons (Fsp3) is 0.722. The van der Waals surface area contributed by atoms with E-state index >= 15 is 0 Å². The highest BCUT2D eigenvalue weighted by Gasteiger charge is 2.28. The highest BCUT2D eigenvalue weighted by atomic mass is 32.2. The van der Waals surface area contributed by atoms with Gasteiger partial charge in [-0.1, -0.05) is 108 Å². The lowest BCUT2D eigenvalue weighted by Crippen LogP contribution is -2.46. The molecule has 0 fully saturated rings. The number of carbonyl (C=O) groups excluding carboxylic acids is 4. The molecular formula is C36H61N3O8S. The van der Waals surface area contributed by atoms with Crippen molar-refractivity contribution in [2.24, 2.45) is 0 Å². The van der Waals surface area contributed by atoms with Gasteiger partial charge < -0.3 is 34.9 Å². The van der Waals surface area contributed by atoms with Gasteiger partial charge in [-0.25, -0.2) is 19.2 Å². The first-order valence-corrected chi connectivity index (χ1v) is 18.8. The van der Waals surface area contributed by atoms with Crippen LogP contribution in [0.25, 0.3) is 0 Å². The molecule has 0 heterocycles. The minimum atomic E-state index is -1.03. The fourth-order valence-electron chi connectivity index (χ4n) is 4.49. The largest absolute Gasteiger partial charge is 0.458 e. The van der Waals surface area contributed by atoms with Gasteiger partial charge in [0.05, 0.1) is 0 Å². The maximum absolute atomic E-state index is 13.0. The molecule has 11 nitrogen and oxygen atoms in total. The summed E-state index contributed by atoms with van der Waals surface area (Å²) in [5.74, 6) is -0.306. The lowest BCUT2D eigenvalue weighted by Gasteiger charge is -2.25. The second-order valence-corrected chi connectivity index (χ2v) is 13.9. The van der Waals surface area contributed by atoms with E-state index in [1.54, 1.807) is 20.8 Å². The lowest BCUT2D eigenvalue weighted by molar-refractivity contribution is -0.156. The SMILES string of the molecule is CCCCCCCCNC(=O)OC[C@H](CSCC(NC(=O)OCc1ccccc1)C(=O)OC(C)(C)C)OC(=O)NCCCCCCCC. The maximum Gasteiger partial charge on any atom is 0.408 e. The smallest absolute Gasteiger partial charge is 0.408 e. The first kappa shape index (κ1) is 42.9. The van der Waals surface area contributed by atoms with E-state index < -0.39 is 42.0 Å². The molecule has 0 bridgehead atoms. The molecular weight excluding hydrogens is 634 g/mol. The Labute approximate surface area is 292 Å². The minimum absolute atomic E-state index is 0.0445. The minimum Gasteiger partial charge on any atom is -0.458 e. The molecule has 0 saturated heterocycles. The number of ether oxygens (including phenoxy) is 4. The molecule has 0 aromatic heterocycles. The number of benzene rings is 1. The van der Waals surface area contributed by atoms with Gasteiger partial charge in [-0.3, -0.25) is 0 Å². The molecule has 0 saturated carbocycles. The van der Waals surface area contributed by atoms with Crippen molar-refractivity contribution < 1.29 is 38.1 Å². The molecule has 12 heteroatoms. The van der Waals surface area contributed by atoms with Crippen molar-refractivity contribution in [3.8, 4) is 0 Å². The van der Waals surface area contributed by atoms with Crippen LogP contribution < -0.4 is 16.0 Å². The molecule has 0 spiro atoms. The molecule has 0 radical (unpaired) electrons. The summed E-state index contributed by atoms with van der Waals surface area (Å²) in [5.41, 5.74) is 0.0353. The Kier molecular flexibility index (Phi) is 23.9. The van der Waals surface area contributed by atoms with Gasteiger partial charge in [0.2, 0.25) is 0 Å². The van der Waals surface area contributed by atoms with E-state index in [1.807, 2.05) is 30.3 Å². The van der Waals surface area contributed by atoms with Gasteiger partial charge in [0.1, 0.15) is 31.0 Å². The Hall–Kier alpha value is -3.15. The van der Waals surface area contributed by atoms with Crippen LogP contribution in [-0.2, 0) is 30.3 Å². The second kappa shape index (κ2) is 26.8. The summed E-state index contributed by atoms with van der Waals surface area (Å²) in [6.07, 6.45) is 10.5. The van der Waals surface area contributed by atoms with Crippen LogP contribution in [0.1, 0.15) is 117 Å². The zero-order valence-corrected chi connectivity index (χ0v) is 30.8. The predicted octanol–water partition coefficient (Wildman–Crippen LogP) is 7.90. The molecule has 1 rings (SSSR count). The zero-order chi connectivity index (χ0) is 35.5. The van der Waals surface area contributed by atoms with Crippen LogP contribution in [0.3, 0.4) is 0 Å². The molecule has 0 aliphatic heterocycles. The van der Waals surface area contributed by atoms with Gasteiger partial charge in [-0.15, -0.1) is 0 Å². The number of rotatable bonds is 25. The number of alkyl carbamates (subject to hydrolysis) is 3. The van der Waals surface area contributed by atoms with E-state index in [4.69, 9.17) is 18.9 Å². The number of hydrogen-bond donors (Lipinski definition) is 3. The first-order chi connectivity index (χ1) is 23.0. The Bertz CT molecular complexity index is 1020. The van der Waals surface area contributed by atoms with Crippen LogP contribution in [0, 0.1) is 0 Å². The van der Waals surface area contributed by atoms with E-state index in [1.165, 1.54) is 50.3 Å². The van der Waals surface area contributed by atoms with Crippen LogP contribution in [0.15, 0.2) is 30.3 Å². The van der Waals surface area contributed by atoms with Gasteiger partial charge >= 0.3 is 24.2 Å². The van der Waals surface area contributed by atoms with Crippen LogP contribution in [-0.4, -0.2) is 73.2 Å². The number of esters is 1. The van der Waals surface area contributed by atoms with E-state index in [2.05, 4.69) is 29.8 Å². The summed E-state index contributed by atoms with van der Waals surface area (Å²) in [4.78, 5) is 50.5.